The molecule has 2 fully saturated rings. The van der Waals surface area contributed by atoms with Gasteiger partial charge in [0.15, 0.2) is 0 Å². The Hall–Kier alpha value is -0.300. The van der Waals surface area contributed by atoms with Crippen LogP contribution in [-0.4, -0.2) is 12.2 Å². The molecular formula is C9H12O. The normalized spacial score (nSPS) is 56.0. The maximum atomic E-state index is 5.52. The van der Waals surface area contributed by atoms with E-state index in [2.05, 4.69) is 12.2 Å². The van der Waals surface area contributed by atoms with Crippen LogP contribution in [0.15, 0.2) is 12.2 Å². The van der Waals surface area contributed by atoms with Gasteiger partial charge in [-0.15, -0.1) is 0 Å². The maximum absolute atomic E-state index is 5.52. The summed E-state index contributed by atoms with van der Waals surface area (Å²) in [7, 11) is 0. The van der Waals surface area contributed by atoms with Gasteiger partial charge in [-0.3, -0.25) is 0 Å². The molecule has 0 unspecified atom stereocenters. The van der Waals surface area contributed by atoms with E-state index in [1.165, 1.54) is 19.3 Å². The van der Waals surface area contributed by atoms with Gasteiger partial charge in [0.05, 0.1) is 12.2 Å². The van der Waals surface area contributed by atoms with Crippen LogP contribution in [0.5, 0.6) is 0 Å². The lowest BCUT2D eigenvalue weighted by Gasteiger charge is -2.35. The topological polar surface area (TPSA) is 12.5 Å². The van der Waals surface area contributed by atoms with Crippen molar-refractivity contribution in [3.8, 4) is 0 Å². The zero-order chi connectivity index (χ0) is 6.60. The van der Waals surface area contributed by atoms with Crippen LogP contribution in [0.25, 0.3) is 0 Å². The minimum absolute atomic E-state index is 0.359. The van der Waals surface area contributed by atoms with Gasteiger partial charge in [0.1, 0.15) is 0 Å². The molecule has 1 aliphatic heterocycles. The predicted molar refractivity (Wildman–Crippen MR) is 38.7 cm³/mol. The Morgan fingerprint density at radius 2 is 2.20 bits per heavy atom. The molecule has 4 aliphatic rings. The number of fused-ring (bicyclic) bond motifs is 1. The lowest BCUT2D eigenvalue weighted by molar-refractivity contribution is 0.151. The fourth-order valence-corrected chi connectivity index (χ4v) is 2.51. The molecule has 4 rings (SSSR count). The quantitative estimate of drug-likeness (QED) is 0.365. The van der Waals surface area contributed by atoms with E-state index >= 15 is 0 Å². The summed E-state index contributed by atoms with van der Waals surface area (Å²) in [6, 6.07) is 0. The molecule has 10 heavy (non-hydrogen) atoms. The van der Waals surface area contributed by atoms with Gasteiger partial charge >= 0.3 is 0 Å². The van der Waals surface area contributed by atoms with Gasteiger partial charge in [-0.1, -0.05) is 12.2 Å². The van der Waals surface area contributed by atoms with Crippen molar-refractivity contribution in [1.82, 2.24) is 0 Å². The predicted octanol–water partition coefficient (Wildman–Crippen LogP) is 1.74. The van der Waals surface area contributed by atoms with E-state index in [0.29, 0.717) is 5.60 Å². The van der Waals surface area contributed by atoms with Crippen molar-refractivity contribution in [2.75, 3.05) is 6.61 Å². The Bertz CT molecular complexity index is 191. The third kappa shape index (κ3) is 0.523. The molecule has 1 heteroatoms. The number of hydrogen-bond acceptors (Lipinski definition) is 1. The average molecular weight is 136 g/mol. The Labute approximate surface area is 61.1 Å². The van der Waals surface area contributed by atoms with Crippen molar-refractivity contribution >= 4 is 0 Å². The molecular weight excluding hydrogens is 124 g/mol. The smallest absolute Gasteiger partial charge is 0.0984 e. The first-order valence-electron chi connectivity index (χ1n) is 4.21. The first-order chi connectivity index (χ1) is 4.89. The second-order valence-electron chi connectivity index (χ2n) is 3.89. The number of allylic oxidation sites excluding steroid dienone is 1. The largest absolute Gasteiger partial charge is 0.369 e. The van der Waals surface area contributed by atoms with E-state index in [-0.39, 0.29) is 0 Å². The minimum Gasteiger partial charge on any atom is -0.369 e. The maximum Gasteiger partial charge on any atom is 0.0984 e. The molecule has 0 N–H and O–H groups in total. The van der Waals surface area contributed by atoms with E-state index in [1.54, 1.807) is 0 Å². The first-order valence-corrected chi connectivity index (χ1v) is 4.21. The third-order valence-corrected chi connectivity index (χ3v) is 3.26. The summed E-state index contributed by atoms with van der Waals surface area (Å²) in [5.74, 6) is 1.63. The summed E-state index contributed by atoms with van der Waals surface area (Å²) in [6.07, 6.45) is 8.87. The molecule has 0 amide bonds. The Morgan fingerprint density at radius 1 is 1.30 bits per heavy atom. The van der Waals surface area contributed by atoms with E-state index < -0.39 is 0 Å². The van der Waals surface area contributed by atoms with Crippen LogP contribution in [0.4, 0.5) is 0 Å². The highest BCUT2D eigenvalue weighted by Crippen LogP contribution is 2.52. The van der Waals surface area contributed by atoms with Crippen LogP contribution in [0.2, 0.25) is 0 Å². The van der Waals surface area contributed by atoms with Gasteiger partial charge in [-0.25, -0.2) is 0 Å². The lowest BCUT2D eigenvalue weighted by Crippen LogP contribution is -2.34. The standard InChI is InChI=1S/C9H12O/c1-3-8-4-2-7(1)5-9(8)6-10-9/h1,3,7-8H,2,4-6H2/t7-,8+,9-/m0/s1. The van der Waals surface area contributed by atoms with Crippen LogP contribution in [0.3, 0.4) is 0 Å². The van der Waals surface area contributed by atoms with Crippen molar-refractivity contribution in [1.29, 1.82) is 0 Å². The molecule has 3 aliphatic carbocycles. The molecule has 1 spiro atoms. The van der Waals surface area contributed by atoms with E-state index in [1.807, 2.05) is 0 Å². The number of epoxide rings is 1. The van der Waals surface area contributed by atoms with Gasteiger partial charge in [0.25, 0.3) is 0 Å². The molecule has 0 aromatic rings. The van der Waals surface area contributed by atoms with Gasteiger partial charge in [-0.2, -0.15) is 0 Å². The van der Waals surface area contributed by atoms with E-state index in [4.69, 9.17) is 4.74 Å². The highest BCUT2D eigenvalue weighted by molar-refractivity contribution is 5.17. The van der Waals surface area contributed by atoms with Crippen molar-refractivity contribution in [3.63, 3.8) is 0 Å². The molecule has 2 bridgehead atoms. The summed E-state index contributed by atoms with van der Waals surface area (Å²) >= 11 is 0. The third-order valence-electron chi connectivity index (χ3n) is 3.26. The summed E-state index contributed by atoms with van der Waals surface area (Å²) in [5, 5.41) is 0. The molecule has 0 aromatic heterocycles. The SMILES string of the molecule is C1=C[C@@H]2CC[C@H]1C[C@]21CO1. The van der Waals surface area contributed by atoms with Crippen molar-refractivity contribution in [3.05, 3.63) is 12.2 Å². The summed E-state index contributed by atoms with van der Waals surface area (Å²) < 4.78 is 5.52. The van der Waals surface area contributed by atoms with Crippen molar-refractivity contribution in [2.24, 2.45) is 11.8 Å². The number of rotatable bonds is 0. The second kappa shape index (κ2) is 1.48. The van der Waals surface area contributed by atoms with Crippen LogP contribution in [0, 0.1) is 11.8 Å². The van der Waals surface area contributed by atoms with Crippen LogP contribution >= 0.6 is 0 Å². The average Bonchev–Trinajstić information content (AvgIpc) is 2.72. The molecule has 1 nitrogen and oxygen atoms in total. The zero-order valence-corrected chi connectivity index (χ0v) is 6.05. The Morgan fingerprint density at radius 3 is 2.50 bits per heavy atom. The van der Waals surface area contributed by atoms with Crippen LogP contribution < -0.4 is 0 Å². The fourth-order valence-electron chi connectivity index (χ4n) is 2.51. The molecule has 54 valence electrons. The fraction of sp³-hybridized carbons (Fsp3) is 0.778. The van der Waals surface area contributed by atoms with Gasteiger partial charge in [0, 0.05) is 5.92 Å². The zero-order valence-electron chi connectivity index (χ0n) is 6.05. The van der Waals surface area contributed by atoms with Gasteiger partial charge in [0.2, 0.25) is 0 Å². The highest BCUT2D eigenvalue weighted by atomic mass is 16.6. The Balaban J connectivity index is 2.00. The van der Waals surface area contributed by atoms with Crippen LogP contribution in [0.1, 0.15) is 19.3 Å². The molecule has 1 saturated carbocycles. The van der Waals surface area contributed by atoms with Crippen LogP contribution in [-0.2, 0) is 4.74 Å². The van der Waals surface area contributed by atoms with Crippen molar-refractivity contribution < 1.29 is 4.74 Å². The Kier molecular flexibility index (Phi) is 0.791. The molecule has 0 radical (unpaired) electrons. The number of hydrogen-bond donors (Lipinski definition) is 0. The van der Waals surface area contributed by atoms with Gasteiger partial charge < -0.3 is 4.74 Å². The molecule has 3 atom stereocenters. The summed E-state index contributed by atoms with van der Waals surface area (Å²) in [6.45, 7) is 1.04. The lowest BCUT2D eigenvalue weighted by atomic mass is 9.69. The monoisotopic (exact) mass is 136 g/mol. The summed E-state index contributed by atoms with van der Waals surface area (Å²) in [4.78, 5) is 0. The molecule has 0 aromatic carbocycles. The highest BCUT2D eigenvalue weighted by Gasteiger charge is 2.54. The van der Waals surface area contributed by atoms with Gasteiger partial charge in [-0.05, 0) is 25.2 Å². The first kappa shape index (κ1) is 5.36. The minimum atomic E-state index is 0.359. The number of ether oxygens (including phenoxy) is 1. The van der Waals surface area contributed by atoms with Crippen molar-refractivity contribution in [2.45, 2.75) is 24.9 Å². The van der Waals surface area contributed by atoms with E-state index in [9.17, 15) is 0 Å². The molecule has 1 heterocycles. The van der Waals surface area contributed by atoms with E-state index in [0.717, 1.165) is 18.4 Å². The second-order valence-corrected chi connectivity index (χ2v) is 3.89. The molecule has 1 saturated heterocycles. The summed E-state index contributed by atoms with van der Waals surface area (Å²) in [5.41, 5.74) is 0.359.